The summed E-state index contributed by atoms with van der Waals surface area (Å²) < 4.78 is 6.87. The van der Waals surface area contributed by atoms with Gasteiger partial charge in [0.1, 0.15) is 0 Å². The van der Waals surface area contributed by atoms with Crippen LogP contribution in [0.15, 0.2) is 47.7 Å². The monoisotopic (exact) mass is 443 g/mol. The number of halogens is 1. The van der Waals surface area contributed by atoms with Crippen molar-refractivity contribution in [2.45, 2.75) is 13.3 Å². The molecule has 1 aromatic carbocycles. The van der Waals surface area contributed by atoms with Gasteiger partial charge < -0.3 is 15.4 Å². The molecule has 0 unspecified atom stereocenters. The molecule has 0 aliphatic carbocycles. The maximum atomic E-state index is 5.02. The number of aromatic nitrogens is 2. The van der Waals surface area contributed by atoms with Crippen LogP contribution in [0.5, 0.6) is 0 Å². The number of ether oxygens (including phenoxy) is 1. The molecule has 0 bridgehead atoms. The summed E-state index contributed by atoms with van der Waals surface area (Å²) in [5, 5.41) is 10.8. The quantitative estimate of drug-likeness (QED) is 0.284. The molecule has 0 aliphatic rings. The molecule has 0 aliphatic heterocycles. The van der Waals surface area contributed by atoms with E-state index in [-0.39, 0.29) is 24.0 Å². The SMILES string of the molecule is CCNC(=NCCOC)NCCc1ccc(-n2cccn2)cc1.I. The van der Waals surface area contributed by atoms with Crippen LogP contribution >= 0.6 is 24.0 Å². The zero-order valence-corrected chi connectivity index (χ0v) is 16.6. The Bertz CT molecular complexity index is 584. The molecule has 2 rings (SSSR count). The van der Waals surface area contributed by atoms with Crippen LogP contribution in [0.1, 0.15) is 12.5 Å². The number of aliphatic imine (C=N–C) groups is 1. The smallest absolute Gasteiger partial charge is 0.191 e. The molecule has 0 spiro atoms. The summed E-state index contributed by atoms with van der Waals surface area (Å²) in [5.41, 5.74) is 2.35. The van der Waals surface area contributed by atoms with E-state index in [1.807, 2.05) is 16.9 Å². The van der Waals surface area contributed by atoms with Crippen LogP contribution in [0.3, 0.4) is 0 Å². The van der Waals surface area contributed by atoms with Gasteiger partial charge in [-0.1, -0.05) is 12.1 Å². The third kappa shape index (κ3) is 6.88. The molecule has 6 nitrogen and oxygen atoms in total. The van der Waals surface area contributed by atoms with Gasteiger partial charge in [-0.05, 0) is 37.1 Å². The highest BCUT2D eigenvalue weighted by Gasteiger charge is 1.99. The Balaban J connectivity index is 0.00000288. The number of hydrogen-bond donors (Lipinski definition) is 2. The van der Waals surface area contributed by atoms with Crippen LogP contribution < -0.4 is 10.6 Å². The van der Waals surface area contributed by atoms with Crippen molar-refractivity contribution in [1.29, 1.82) is 0 Å². The van der Waals surface area contributed by atoms with Gasteiger partial charge in [0.2, 0.25) is 0 Å². The normalized spacial score (nSPS) is 11.0. The Hall–Kier alpha value is -1.61. The van der Waals surface area contributed by atoms with Gasteiger partial charge in [0.15, 0.2) is 5.96 Å². The molecule has 0 saturated carbocycles. The lowest BCUT2D eigenvalue weighted by atomic mass is 10.1. The summed E-state index contributed by atoms with van der Waals surface area (Å²) in [6, 6.07) is 10.4. The Labute approximate surface area is 160 Å². The van der Waals surface area contributed by atoms with E-state index in [0.29, 0.717) is 13.2 Å². The summed E-state index contributed by atoms with van der Waals surface area (Å²) in [6.45, 7) is 5.02. The summed E-state index contributed by atoms with van der Waals surface area (Å²) in [4.78, 5) is 4.44. The molecular weight excluding hydrogens is 417 g/mol. The van der Waals surface area contributed by atoms with Crippen molar-refractivity contribution in [2.75, 3.05) is 33.4 Å². The van der Waals surface area contributed by atoms with Crippen LogP contribution in [0.25, 0.3) is 5.69 Å². The van der Waals surface area contributed by atoms with Crippen molar-refractivity contribution < 1.29 is 4.74 Å². The number of nitrogens with zero attached hydrogens (tertiary/aromatic N) is 3. The molecule has 0 atom stereocenters. The predicted molar refractivity (Wildman–Crippen MR) is 109 cm³/mol. The van der Waals surface area contributed by atoms with E-state index >= 15 is 0 Å². The molecule has 0 saturated heterocycles. The first-order valence-electron chi connectivity index (χ1n) is 7.93. The van der Waals surface area contributed by atoms with E-state index in [1.165, 1.54) is 5.56 Å². The van der Waals surface area contributed by atoms with Crippen molar-refractivity contribution >= 4 is 29.9 Å². The predicted octanol–water partition coefficient (Wildman–Crippen LogP) is 2.23. The van der Waals surface area contributed by atoms with Crippen molar-refractivity contribution in [3.8, 4) is 5.69 Å². The fourth-order valence-corrected chi connectivity index (χ4v) is 2.15. The van der Waals surface area contributed by atoms with E-state index in [1.54, 1.807) is 13.3 Å². The van der Waals surface area contributed by atoms with Crippen LogP contribution in [-0.4, -0.2) is 49.1 Å². The fraction of sp³-hybridized carbons (Fsp3) is 0.412. The lowest BCUT2D eigenvalue weighted by molar-refractivity contribution is 0.208. The minimum absolute atomic E-state index is 0. The molecule has 7 heteroatoms. The van der Waals surface area contributed by atoms with E-state index in [9.17, 15) is 0 Å². The van der Waals surface area contributed by atoms with Crippen molar-refractivity contribution in [3.05, 3.63) is 48.3 Å². The molecule has 0 amide bonds. The fourth-order valence-electron chi connectivity index (χ4n) is 2.15. The first-order chi connectivity index (χ1) is 11.3. The number of guanidine groups is 1. The number of methoxy groups -OCH3 is 1. The Kier molecular flexibility index (Phi) is 10.1. The van der Waals surface area contributed by atoms with Gasteiger partial charge in [-0.2, -0.15) is 5.10 Å². The molecule has 1 aromatic heterocycles. The minimum Gasteiger partial charge on any atom is -0.383 e. The maximum absolute atomic E-state index is 5.02. The summed E-state index contributed by atoms with van der Waals surface area (Å²) in [7, 11) is 1.68. The third-order valence-electron chi connectivity index (χ3n) is 3.32. The topological polar surface area (TPSA) is 63.5 Å². The largest absolute Gasteiger partial charge is 0.383 e. The number of hydrogen-bond acceptors (Lipinski definition) is 3. The first kappa shape index (κ1) is 20.4. The van der Waals surface area contributed by atoms with Crippen LogP contribution in [-0.2, 0) is 11.2 Å². The molecule has 0 radical (unpaired) electrons. The van der Waals surface area contributed by atoms with Crippen LogP contribution in [0.4, 0.5) is 0 Å². The third-order valence-corrected chi connectivity index (χ3v) is 3.32. The van der Waals surface area contributed by atoms with E-state index in [0.717, 1.165) is 31.2 Å². The maximum Gasteiger partial charge on any atom is 0.191 e. The Morgan fingerprint density at radius 2 is 2.04 bits per heavy atom. The molecule has 24 heavy (non-hydrogen) atoms. The molecule has 0 fully saturated rings. The highest BCUT2D eigenvalue weighted by atomic mass is 127. The lowest BCUT2D eigenvalue weighted by Gasteiger charge is -2.11. The number of rotatable bonds is 8. The van der Waals surface area contributed by atoms with Crippen molar-refractivity contribution in [2.24, 2.45) is 4.99 Å². The summed E-state index contributed by atoms with van der Waals surface area (Å²) in [5.74, 6) is 0.831. The molecular formula is C17H26IN5O. The Morgan fingerprint density at radius 1 is 1.25 bits per heavy atom. The second-order valence-corrected chi connectivity index (χ2v) is 5.05. The molecule has 1 heterocycles. The van der Waals surface area contributed by atoms with Gasteiger partial charge in [-0.3, -0.25) is 4.99 Å². The van der Waals surface area contributed by atoms with Gasteiger partial charge in [0, 0.05) is 32.6 Å². The summed E-state index contributed by atoms with van der Waals surface area (Å²) >= 11 is 0. The van der Waals surface area contributed by atoms with Gasteiger partial charge >= 0.3 is 0 Å². The highest BCUT2D eigenvalue weighted by Crippen LogP contribution is 2.08. The van der Waals surface area contributed by atoms with Crippen LogP contribution in [0, 0.1) is 0 Å². The Morgan fingerprint density at radius 3 is 2.67 bits per heavy atom. The van der Waals surface area contributed by atoms with Crippen molar-refractivity contribution in [3.63, 3.8) is 0 Å². The zero-order chi connectivity index (χ0) is 16.3. The number of nitrogens with one attached hydrogen (secondary N) is 2. The number of benzene rings is 1. The summed E-state index contributed by atoms with van der Waals surface area (Å²) in [6.07, 6.45) is 4.66. The van der Waals surface area contributed by atoms with E-state index < -0.39 is 0 Å². The second-order valence-electron chi connectivity index (χ2n) is 5.05. The van der Waals surface area contributed by atoms with E-state index in [4.69, 9.17) is 4.74 Å². The van der Waals surface area contributed by atoms with Crippen LogP contribution in [0.2, 0.25) is 0 Å². The molecule has 2 aromatic rings. The second kappa shape index (κ2) is 11.9. The highest BCUT2D eigenvalue weighted by molar-refractivity contribution is 14.0. The van der Waals surface area contributed by atoms with E-state index in [2.05, 4.69) is 51.9 Å². The first-order valence-corrected chi connectivity index (χ1v) is 7.93. The zero-order valence-electron chi connectivity index (χ0n) is 14.2. The van der Waals surface area contributed by atoms with Gasteiger partial charge in [-0.15, -0.1) is 24.0 Å². The molecule has 2 N–H and O–H groups in total. The molecule has 132 valence electrons. The average Bonchev–Trinajstić information content (AvgIpc) is 3.10. The standard InChI is InChI=1S/C17H25N5O.HI/c1-3-18-17(20-12-14-23-2)19-11-9-15-5-7-16(8-6-15)22-13-4-10-21-22;/h4-8,10,13H,3,9,11-12,14H2,1-2H3,(H2,18,19,20);1H. The van der Waals surface area contributed by atoms with Crippen molar-refractivity contribution in [1.82, 2.24) is 20.4 Å². The van der Waals surface area contributed by atoms with Gasteiger partial charge in [0.25, 0.3) is 0 Å². The lowest BCUT2D eigenvalue weighted by Crippen LogP contribution is -2.38. The van der Waals surface area contributed by atoms with Gasteiger partial charge in [0.05, 0.1) is 18.8 Å². The van der Waals surface area contributed by atoms with Gasteiger partial charge in [-0.25, -0.2) is 4.68 Å². The average molecular weight is 443 g/mol. The minimum atomic E-state index is 0.